The smallest absolute Gasteiger partial charge is 0.407 e. The molecule has 2 fully saturated rings. The van der Waals surface area contributed by atoms with Crippen molar-refractivity contribution in [3.05, 3.63) is 0 Å². The lowest BCUT2D eigenvalue weighted by Gasteiger charge is -2.29. The maximum Gasteiger partial charge on any atom is 0.407 e. The molecule has 4 atom stereocenters. The quantitative estimate of drug-likeness (QED) is 0.751. The highest BCUT2D eigenvalue weighted by Crippen LogP contribution is 2.47. The van der Waals surface area contributed by atoms with E-state index in [0.717, 1.165) is 25.5 Å². The van der Waals surface area contributed by atoms with Crippen molar-refractivity contribution in [2.24, 2.45) is 17.8 Å². The van der Waals surface area contributed by atoms with Crippen LogP contribution in [0.5, 0.6) is 0 Å². The molecule has 2 rings (SSSR count). The van der Waals surface area contributed by atoms with Crippen LogP contribution in [0, 0.1) is 17.8 Å². The number of carbonyl (C=O) groups excluding carboxylic acids is 2. The first-order valence-electron chi connectivity index (χ1n) is 6.35. The number of alkyl carbamates (subject to hydrolysis) is 1. The van der Waals surface area contributed by atoms with E-state index in [1.807, 2.05) is 20.8 Å². The van der Waals surface area contributed by atoms with E-state index in [-0.39, 0.29) is 12.0 Å². The normalized spacial score (nSPS) is 35.7. The van der Waals surface area contributed by atoms with Crippen LogP contribution in [0.3, 0.4) is 0 Å². The van der Waals surface area contributed by atoms with Crippen LogP contribution in [0.1, 0.15) is 40.0 Å². The van der Waals surface area contributed by atoms with Crippen molar-refractivity contribution in [3.8, 4) is 0 Å². The van der Waals surface area contributed by atoms with E-state index in [4.69, 9.17) is 4.74 Å². The van der Waals surface area contributed by atoms with Crippen LogP contribution < -0.4 is 5.32 Å². The Balaban J connectivity index is 1.94. The van der Waals surface area contributed by atoms with Crippen molar-refractivity contribution >= 4 is 12.4 Å². The largest absolute Gasteiger partial charge is 0.444 e. The predicted octanol–water partition coefficient (Wildman–Crippen LogP) is 2.12. The topological polar surface area (TPSA) is 55.4 Å². The number of carbonyl (C=O) groups is 2. The summed E-state index contributed by atoms with van der Waals surface area (Å²) in [4.78, 5) is 22.8. The molecule has 1 N–H and O–H groups in total. The van der Waals surface area contributed by atoms with Gasteiger partial charge in [-0.1, -0.05) is 0 Å². The van der Waals surface area contributed by atoms with Crippen LogP contribution in [0.2, 0.25) is 0 Å². The fourth-order valence-electron chi connectivity index (χ4n) is 3.19. The van der Waals surface area contributed by atoms with Gasteiger partial charge in [-0.25, -0.2) is 4.79 Å². The molecule has 4 heteroatoms. The fourth-order valence-corrected chi connectivity index (χ4v) is 3.19. The van der Waals surface area contributed by atoms with Gasteiger partial charge in [0.25, 0.3) is 0 Å². The SMILES string of the molecule is CC(C)(C)OC(=O)N[C@@H]1[C@H]2CC[C@@H](C2)[C@@H]1C=O. The predicted molar refractivity (Wildman–Crippen MR) is 63.5 cm³/mol. The number of hydrogen-bond donors (Lipinski definition) is 1. The molecule has 0 aromatic heterocycles. The van der Waals surface area contributed by atoms with Crippen molar-refractivity contribution in [1.82, 2.24) is 5.32 Å². The average molecular weight is 239 g/mol. The van der Waals surface area contributed by atoms with Gasteiger partial charge in [-0.15, -0.1) is 0 Å². The Morgan fingerprint density at radius 3 is 2.53 bits per heavy atom. The lowest BCUT2D eigenvalue weighted by Crippen LogP contribution is -2.46. The summed E-state index contributed by atoms with van der Waals surface area (Å²) in [6.07, 6.45) is 3.92. The van der Waals surface area contributed by atoms with Gasteiger partial charge >= 0.3 is 6.09 Å². The Morgan fingerprint density at radius 2 is 1.94 bits per heavy atom. The summed E-state index contributed by atoms with van der Waals surface area (Å²) in [5.74, 6) is 0.918. The van der Waals surface area contributed by atoms with Gasteiger partial charge in [-0.3, -0.25) is 0 Å². The monoisotopic (exact) mass is 239 g/mol. The second kappa shape index (κ2) is 4.31. The molecule has 4 nitrogen and oxygen atoms in total. The molecule has 0 saturated heterocycles. The zero-order valence-corrected chi connectivity index (χ0v) is 10.7. The van der Waals surface area contributed by atoms with Gasteiger partial charge in [0.15, 0.2) is 0 Å². The lowest BCUT2D eigenvalue weighted by molar-refractivity contribution is -0.113. The van der Waals surface area contributed by atoms with Crippen molar-refractivity contribution in [2.75, 3.05) is 0 Å². The van der Waals surface area contributed by atoms with E-state index in [9.17, 15) is 9.59 Å². The number of amides is 1. The lowest BCUT2D eigenvalue weighted by atomic mass is 9.85. The Morgan fingerprint density at radius 1 is 1.29 bits per heavy atom. The molecule has 0 aromatic rings. The number of rotatable bonds is 2. The third kappa shape index (κ3) is 2.61. The number of ether oxygens (including phenoxy) is 1. The summed E-state index contributed by atoms with van der Waals surface area (Å²) in [5.41, 5.74) is -0.488. The maximum absolute atomic E-state index is 11.7. The fraction of sp³-hybridized carbons (Fsp3) is 0.846. The van der Waals surface area contributed by atoms with Crippen LogP contribution in [0.15, 0.2) is 0 Å². The molecule has 2 aliphatic carbocycles. The minimum Gasteiger partial charge on any atom is -0.444 e. The van der Waals surface area contributed by atoms with Crippen LogP contribution in [0.25, 0.3) is 0 Å². The minimum absolute atomic E-state index is 0.0127. The van der Waals surface area contributed by atoms with Crippen molar-refractivity contribution in [1.29, 1.82) is 0 Å². The van der Waals surface area contributed by atoms with E-state index in [1.165, 1.54) is 0 Å². The van der Waals surface area contributed by atoms with E-state index >= 15 is 0 Å². The van der Waals surface area contributed by atoms with Crippen molar-refractivity contribution in [3.63, 3.8) is 0 Å². The second-order valence-corrected chi connectivity index (χ2v) is 6.22. The van der Waals surface area contributed by atoms with Crippen LogP contribution in [-0.2, 0) is 9.53 Å². The number of nitrogens with one attached hydrogen (secondary N) is 1. The zero-order valence-electron chi connectivity index (χ0n) is 10.7. The third-order valence-corrected chi connectivity index (χ3v) is 3.82. The van der Waals surface area contributed by atoms with E-state index in [2.05, 4.69) is 5.32 Å². The molecule has 0 spiro atoms. The van der Waals surface area contributed by atoms with Gasteiger partial charge in [-0.2, -0.15) is 0 Å². The van der Waals surface area contributed by atoms with Gasteiger partial charge < -0.3 is 14.8 Å². The molecule has 1 amide bonds. The molecule has 2 aliphatic rings. The first-order chi connectivity index (χ1) is 7.90. The number of fused-ring (bicyclic) bond motifs is 2. The number of hydrogen-bond acceptors (Lipinski definition) is 3. The summed E-state index contributed by atoms with van der Waals surface area (Å²) in [7, 11) is 0. The highest BCUT2D eigenvalue weighted by atomic mass is 16.6. The first-order valence-corrected chi connectivity index (χ1v) is 6.35. The van der Waals surface area contributed by atoms with E-state index in [1.54, 1.807) is 0 Å². The Bertz CT molecular complexity index is 321. The zero-order chi connectivity index (χ0) is 12.6. The highest BCUT2D eigenvalue weighted by molar-refractivity contribution is 5.69. The van der Waals surface area contributed by atoms with Gasteiger partial charge in [0.2, 0.25) is 0 Å². The third-order valence-electron chi connectivity index (χ3n) is 3.82. The first kappa shape index (κ1) is 12.4. The van der Waals surface area contributed by atoms with Crippen LogP contribution in [-0.4, -0.2) is 24.0 Å². The Hall–Kier alpha value is -1.06. The van der Waals surface area contributed by atoms with Crippen LogP contribution >= 0.6 is 0 Å². The van der Waals surface area contributed by atoms with E-state index < -0.39 is 11.7 Å². The molecule has 17 heavy (non-hydrogen) atoms. The van der Waals surface area contributed by atoms with Gasteiger partial charge in [-0.05, 0) is 51.9 Å². The Labute approximate surface area is 102 Å². The van der Waals surface area contributed by atoms with E-state index in [0.29, 0.717) is 11.8 Å². The summed E-state index contributed by atoms with van der Waals surface area (Å²) in [6.45, 7) is 5.51. The number of aldehydes is 1. The average Bonchev–Trinajstić information content (AvgIpc) is 2.74. The molecule has 0 unspecified atom stereocenters. The molecule has 0 aromatic carbocycles. The molecule has 2 bridgehead atoms. The minimum atomic E-state index is -0.488. The molecule has 2 saturated carbocycles. The second-order valence-electron chi connectivity index (χ2n) is 6.22. The summed E-state index contributed by atoms with van der Waals surface area (Å²) >= 11 is 0. The standard InChI is InChI=1S/C13H21NO3/c1-13(2,3)17-12(16)14-11-9-5-4-8(6-9)10(11)7-15/h7-11H,4-6H2,1-3H3,(H,14,16)/t8-,9-,10-,11+/m0/s1. The molecular weight excluding hydrogens is 218 g/mol. The van der Waals surface area contributed by atoms with Crippen molar-refractivity contribution in [2.45, 2.75) is 51.7 Å². The highest BCUT2D eigenvalue weighted by Gasteiger charge is 2.48. The summed E-state index contributed by atoms with van der Waals surface area (Å²) in [5, 5.41) is 2.88. The molecule has 96 valence electrons. The molecular formula is C13H21NO3. The Kier molecular flexibility index (Phi) is 3.15. The van der Waals surface area contributed by atoms with Gasteiger partial charge in [0.05, 0.1) is 0 Å². The molecule has 0 aliphatic heterocycles. The molecule has 0 heterocycles. The summed E-state index contributed by atoms with van der Waals surface area (Å²) in [6, 6.07) is -0.0129. The maximum atomic E-state index is 11.7. The van der Waals surface area contributed by atoms with Gasteiger partial charge in [0.1, 0.15) is 11.9 Å². The van der Waals surface area contributed by atoms with Gasteiger partial charge in [0, 0.05) is 12.0 Å². The molecule has 0 radical (unpaired) electrons. The summed E-state index contributed by atoms with van der Waals surface area (Å²) < 4.78 is 5.23. The van der Waals surface area contributed by atoms with Crippen molar-refractivity contribution < 1.29 is 14.3 Å². The van der Waals surface area contributed by atoms with Crippen LogP contribution in [0.4, 0.5) is 4.79 Å².